The molecule has 1 saturated carbocycles. The lowest BCUT2D eigenvalue weighted by molar-refractivity contribution is -0.129. The van der Waals surface area contributed by atoms with Gasteiger partial charge in [-0.2, -0.15) is 0 Å². The summed E-state index contributed by atoms with van der Waals surface area (Å²) in [6.07, 6.45) is 5.07. The molecule has 0 aromatic rings. The van der Waals surface area contributed by atoms with Gasteiger partial charge < -0.3 is 15.2 Å². The summed E-state index contributed by atoms with van der Waals surface area (Å²) in [4.78, 5) is 11.6. The highest BCUT2D eigenvalue weighted by Crippen LogP contribution is 2.25. The summed E-state index contributed by atoms with van der Waals surface area (Å²) >= 11 is 0. The highest BCUT2D eigenvalue weighted by molar-refractivity contribution is 5.77. The van der Waals surface area contributed by atoms with E-state index in [-0.39, 0.29) is 18.6 Å². The van der Waals surface area contributed by atoms with Crippen LogP contribution in [0.25, 0.3) is 0 Å². The van der Waals surface area contributed by atoms with E-state index in [9.17, 15) is 9.90 Å². The molecule has 1 amide bonds. The zero-order valence-corrected chi connectivity index (χ0v) is 12.5. The van der Waals surface area contributed by atoms with Crippen molar-refractivity contribution in [3.05, 3.63) is 0 Å². The Morgan fingerprint density at radius 1 is 1.42 bits per heavy atom. The number of aliphatic hydroxyl groups is 1. The van der Waals surface area contributed by atoms with Gasteiger partial charge in [0.05, 0.1) is 12.2 Å². The molecule has 0 saturated heterocycles. The van der Waals surface area contributed by atoms with Crippen LogP contribution < -0.4 is 5.32 Å². The van der Waals surface area contributed by atoms with Crippen LogP contribution in [-0.4, -0.2) is 36.4 Å². The van der Waals surface area contributed by atoms with Crippen LogP contribution >= 0.6 is 0 Å². The van der Waals surface area contributed by atoms with E-state index in [0.29, 0.717) is 24.8 Å². The number of ether oxygens (including phenoxy) is 1. The molecule has 1 rings (SSSR count). The fourth-order valence-electron chi connectivity index (χ4n) is 2.63. The number of hydrogen-bond acceptors (Lipinski definition) is 3. The van der Waals surface area contributed by atoms with Gasteiger partial charge in [0.1, 0.15) is 6.61 Å². The van der Waals surface area contributed by atoms with Gasteiger partial charge in [0.15, 0.2) is 0 Å². The largest absolute Gasteiger partial charge is 0.391 e. The lowest BCUT2D eigenvalue weighted by Gasteiger charge is -2.26. The van der Waals surface area contributed by atoms with Crippen molar-refractivity contribution in [1.82, 2.24) is 5.32 Å². The Kier molecular flexibility index (Phi) is 7.39. The zero-order chi connectivity index (χ0) is 14.3. The van der Waals surface area contributed by atoms with Crippen LogP contribution in [0.4, 0.5) is 0 Å². The summed E-state index contributed by atoms with van der Waals surface area (Å²) in [5.74, 6) is 1.02. The molecule has 0 aromatic carbocycles. The molecule has 3 unspecified atom stereocenters. The van der Waals surface area contributed by atoms with Gasteiger partial charge in [0.25, 0.3) is 0 Å². The Bertz CT molecular complexity index is 268. The second-order valence-corrected chi connectivity index (χ2v) is 6.29. The monoisotopic (exact) mass is 271 g/mol. The smallest absolute Gasteiger partial charge is 0.246 e. The Labute approximate surface area is 116 Å². The van der Waals surface area contributed by atoms with Crippen molar-refractivity contribution in [1.29, 1.82) is 0 Å². The molecular formula is C15H29NO3. The van der Waals surface area contributed by atoms with E-state index in [4.69, 9.17) is 4.74 Å². The number of hydrogen-bond donors (Lipinski definition) is 2. The summed E-state index contributed by atoms with van der Waals surface area (Å²) in [7, 11) is 0. The number of aliphatic hydroxyl groups excluding tert-OH is 1. The van der Waals surface area contributed by atoms with Crippen molar-refractivity contribution < 1.29 is 14.6 Å². The molecule has 112 valence electrons. The number of nitrogens with one attached hydrogen (secondary N) is 1. The Balaban J connectivity index is 2.10. The minimum absolute atomic E-state index is 0.117. The predicted molar refractivity (Wildman–Crippen MR) is 75.8 cm³/mol. The van der Waals surface area contributed by atoms with Gasteiger partial charge in [-0.1, -0.05) is 33.6 Å². The quantitative estimate of drug-likeness (QED) is 0.745. The first-order valence-corrected chi connectivity index (χ1v) is 7.53. The third-order valence-corrected chi connectivity index (χ3v) is 3.62. The minimum atomic E-state index is -0.460. The van der Waals surface area contributed by atoms with Crippen molar-refractivity contribution in [3.8, 4) is 0 Å². The fourth-order valence-corrected chi connectivity index (χ4v) is 2.63. The fraction of sp³-hybridized carbons (Fsp3) is 0.933. The lowest BCUT2D eigenvalue weighted by atomic mass is 9.89. The van der Waals surface area contributed by atoms with Gasteiger partial charge in [0.2, 0.25) is 5.91 Å². The normalized spacial score (nSPS) is 25.3. The van der Waals surface area contributed by atoms with E-state index in [1.165, 1.54) is 12.8 Å². The highest BCUT2D eigenvalue weighted by atomic mass is 16.5. The van der Waals surface area contributed by atoms with E-state index in [1.54, 1.807) is 0 Å². The van der Waals surface area contributed by atoms with Gasteiger partial charge in [-0.25, -0.2) is 0 Å². The van der Waals surface area contributed by atoms with Gasteiger partial charge in [0, 0.05) is 6.54 Å². The third kappa shape index (κ3) is 7.53. The van der Waals surface area contributed by atoms with Gasteiger partial charge >= 0.3 is 0 Å². The maximum Gasteiger partial charge on any atom is 0.246 e. The molecule has 0 spiro atoms. The maximum atomic E-state index is 11.6. The van der Waals surface area contributed by atoms with E-state index < -0.39 is 6.10 Å². The molecule has 4 nitrogen and oxygen atoms in total. The van der Waals surface area contributed by atoms with Crippen LogP contribution in [0.2, 0.25) is 0 Å². The van der Waals surface area contributed by atoms with Crippen LogP contribution in [0, 0.1) is 11.8 Å². The SMILES string of the molecule is CC(C)CC(O)CNC(=O)COC1CCCC(C)C1. The summed E-state index contributed by atoms with van der Waals surface area (Å²) in [5, 5.41) is 12.4. The molecule has 3 atom stereocenters. The van der Waals surface area contributed by atoms with Crippen molar-refractivity contribution in [2.75, 3.05) is 13.2 Å². The summed E-state index contributed by atoms with van der Waals surface area (Å²) in [6, 6.07) is 0. The average molecular weight is 271 g/mol. The highest BCUT2D eigenvalue weighted by Gasteiger charge is 2.20. The molecular weight excluding hydrogens is 242 g/mol. The molecule has 0 radical (unpaired) electrons. The van der Waals surface area contributed by atoms with Crippen LogP contribution in [-0.2, 0) is 9.53 Å². The predicted octanol–water partition coefficient (Wildman–Crippen LogP) is 2.10. The number of amides is 1. The maximum absolute atomic E-state index is 11.6. The Morgan fingerprint density at radius 2 is 2.16 bits per heavy atom. The molecule has 0 heterocycles. The first kappa shape index (κ1) is 16.4. The first-order chi connectivity index (χ1) is 8.97. The van der Waals surface area contributed by atoms with Crippen molar-refractivity contribution in [2.24, 2.45) is 11.8 Å². The van der Waals surface area contributed by atoms with E-state index in [1.807, 2.05) is 0 Å². The molecule has 2 N–H and O–H groups in total. The summed E-state index contributed by atoms with van der Waals surface area (Å²) in [5.41, 5.74) is 0. The van der Waals surface area contributed by atoms with E-state index >= 15 is 0 Å². The minimum Gasteiger partial charge on any atom is -0.391 e. The first-order valence-electron chi connectivity index (χ1n) is 7.53. The molecule has 1 aliphatic rings. The van der Waals surface area contributed by atoms with Crippen LogP contribution in [0.15, 0.2) is 0 Å². The Morgan fingerprint density at radius 3 is 2.79 bits per heavy atom. The molecule has 0 aliphatic heterocycles. The van der Waals surface area contributed by atoms with Crippen molar-refractivity contribution >= 4 is 5.91 Å². The molecule has 0 aromatic heterocycles. The van der Waals surface area contributed by atoms with Gasteiger partial charge in [-0.15, -0.1) is 0 Å². The third-order valence-electron chi connectivity index (χ3n) is 3.62. The van der Waals surface area contributed by atoms with E-state index in [2.05, 4.69) is 26.1 Å². The summed E-state index contributed by atoms with van der Waals surface area (Å²) in [6.45, 7) is 6.78. The topological polar surface area (TPSA) is 58.6 Å². The second-order valence-electron chi connectivity index (χ2n) is 6.29. The van der Waals surface area contributed by atoms with E-state index in [0.717, 1.165) is 12.8 Å². The molecule has 19 heavy (non-hydrogen) atoms. The van der Waals surface area contributed by atoms with Gasteiger partial charge in [-0.3, -0.25) is 4.79 Å². The molecule has 1 aliphatic carbocycles. The number of carbonyl (C=O) groups is 1. The second kappa shape index (κ2) is 8.54. The van der Waals surface area contributed by atoms with Crippen LogP contribution in [0.5, 0.6) is 0 Å². The lowest BCUT2D eigenvalue weighted by Crippen LogP contribution is -2.36. The van der Waals surface area contributed by atoms with Crippen LogP contribution in [0.1, 0.15) is 52.9 Å². The van der Waals surface area contributed by atoms with Crippen molar-refractivity contribution in [2.45, 2.75) is 65.1 Å². The van der Waals surface area contributed by atoms with Crippen molar-refractivity contribution in [3.63, 3.8) is 0 Å². The Hall–Kier alpha value is -0.610. The molecule has 0 bridgehead atoms. The summed E-state index contributed by atoms with van der Waals surface area (Å²) < 4.78 is 5.63. The number of rotatable bonds is 7. The standard InChI is InChI=1S/C15H29NO3/c1-11(2)7-13(17)9-16-15(18)10-19-14-6-4-5-12(3)8-14/h11-14,17H,4-10H2,1-3H3,(H,16,18). The van der Waals surface area contributed by atoms with Gasteiger partial charge in [-0.05, 0) is 31.1 Å². The molecule has 1 fully saturated rings. The number of carbonyl (C=O) groups excluding carboxylic acids is 1. The van der Waals surface area contributed by atoms with Crippen LogP contribution in [0.3, 0.4) is 0 Å². The average Bonchev–Trinajstić information content (AvgIpc) is 2.33. The molecule has 4 heteroatoms. The zero-order valence-electron chi connectivity index (χ0n) is 12.5.